The summed E-state index contributed by atoms with van der Waals surface area (Å²) in [6, 6.07) is 1.72. The molecule has 2 unspecified atom stereocenters. The van der Waals surface area contributed by atoms with E-state index in [0.29, 0.717) is 5.16 Å². The Morgan fingerprint density at radius 3 is 2.39 bits per heavy atom. The summed E-state index contributed by atoms with van der Waals surface area (Å²) >= 11 is 1.30. The van der Waals surface area contributed by atoms with Gasteiger partial charge in [0.25, 0.3) is 0 Å². The molecule has 0 aliphatic carbocycles. The summed E-state index contributed by atoms with van der Waals surface area (Å²) in [6.45, 7) is 1.80. The van der Waals surface area contributed by atoms with Crippen molar-refractivity contribution < 1.29 is 9.50 Å². The molecular formula is C11H11FN4OS. The van der Waals surface area contributed by atoms with Gasteiger partial charge in [-0.05, 0) is 13.0 Å². The Labute approximate surface area is 108 Å². The van der Waals surface area contributed by atoms with Crippen molar-refractivity contribution in [3.8, 4) is 0 Å². The van der Waals surface area contributed by atoms with Crippen molar-refractivity contribution >= 4 is 11.8 Å². The first-order valence-electron chi connectivity index (χ1n) is 5.26. The van der Waals surface area contributed by atoms with Crippen LogP contribution in [0.5, 0.6) is 0 Å². The number of hydrogen-bond donors (Lipinski definition) is 1. The molecule has 7 heteroatoms. The molecule has 0 aromatic carbocycles. The second-order valence-corrected chi connectivity index (χ2v) is 4.90. The number of aliphatic hydroxyl groups excluding tert-OH is 1. The molecule has 18 heavy (non-hydrogen) atoms. The van der Waals surface area contributed by atoms with Crippen molar-refractivity contribution in [1.82, 2.24) is 19.9 Å². The van der Waals surface area contributed by atoms with Crippen LogP contribution in [0.4, 0.5) is 4.39 Å². The van der Waals surface area contributed by atoms with E-state index in [1.807, 2.05) is 0 Å². The molecule has 0 saturated heterocycles. The minimum absolute atomic E-state index is 0.187. The quantitative estimate of drug-likeness (QED) is 0.669. The van der Waals surface area contributed by atoms with E-state index in [2.05, 4.69) is 19.9 Å². The summed E-state index contributed by atoms with van der Waals surface area (Å²) in [5.74, 6) is -0.343. The summed E-state index contributed by atoms with van der Waals surface area (Å²) < 4.78 is 12.7. The molecule has 0 saturated carbocycles. The van der Waals surface area contributed by atoms with E-state index in [1.54, 1.807) is 25.4 Å². The minimum atomic E-state index is -0.903. The van der Waals surface area contributed by atoms with Gasteiger partial charge >= 0.3 is 0 Å². The molecule has 2 rings (SSSR count). The fourth-order valence-corrected chi connectivity index (χ4v) is 2.09. The first-order valence-corrected chi connectivity index (χ1v) is 6.14. The first kappa shape index (κ1) is 12.8. The fraction of sp³-hybridized carbons (Fsp3) is 0.273. The largest absolute Gasteiger partial charge is 0.384 e. The van der Waals surface area contributed by atoms with E-state index in [9.17, 15) is 9.50 Å². The zero-order valence-corrected chi connectivity index (χ0v) is 10.4. The van der Waals surface area contributed by atoms with Gasteiger partial charge in [0.2, 0.25) is 0 Å². The summed E-state index contributed by atoms with van der Waals surface area (Å²) in [5, 5.41) is 10.3. The SMILES string of the molecule is CC(Sc1ncccn1)C(O)c1ncc(F)cn1. The molecule has 1 N–H and O–H groups in total. The van der Waals surface area contributed by atoms with Crippen LogP contribution in [-0.4, -0.2) is 30.3 Å². The Kier molecular flexibility index (Phi) is 4.16. The maximum atomic E-state index is 12.7. The van der Waals surface area contributed by atoms with Crippen LogP contribution < -0.4 is 0 Å². The predicted octanol–water partition coefficient (Wildman–Crippen LogP) is 1.62. The van der Waals surface area contributed by atoms with E-state index in [4.69, 9.17) is 0 Å². The standard InChI is InChI=1S/C11H11FN4OS/c1-7(18-11-13-3-2-4-14-11)9(17)10-15-5-8(12)6-16-10/h2-7,9,17H,1H3. The molecule has 0 fully saturated rings. The van der Waals surface area contributed by atoms with Gasteiger partial charge in [-0.3, -0.25) is 0 Å². The molecule has 0 spiro atoms. The van der Waals surface area contributed by atoms with Crippen LogP contribution in [0.1, 0.15) is 18.9 Å². The van der Waals surface area contributed by atoms with Gasteiger partial charge in [-0.15, -0.1) is 0 Å². The van der Waals surface area contributed by atoms with Crippen LogP contribution in [0.3, 0.4) is 0 Å². The highest BCUT2D eigenvalue weighted by atomic mass is 32.2. The molecule has 94 valence electrons. The molecule has 2 heterocycles. The third kappa shape index (κ3) is 3.21. The number of rotatable bonds is 4. The minimum Gasteiger partial charge on any atom is -0.384 e. The van der Waals surface area contributed by atoms with Gasteiger partial charge in [-0.25, -0.2) is 24.3 Å². The normalized spacial score (nSPS) is 14.2. The van der Waals surface area contributed by atoms with Crippen molar-refractivity contribution in [2.75, 3.05) is 0 Å². The predicted molar refractivity (Wildman–Crippen MR) is 64.3 cm³/mol. The van der Waals surface area contributed by atoms with Crippen molar-refractivity contribution in [1.29, 1.82) is 0 Å². The van der Waals surface area contributed by atoms with Gasteiger partial charge in [0, 0.05) is 17.6 Å². The fourth-order valence-electron chi connectivity index (χ4n) is 1.26. The zero-order chi connectivity index (χ0) is 13.0. The van der Waals surface area contributed by atoms with Crippen LogP contribution in [0.2, 0.25) is 0 Å². The van der Waals surface area contributed by atoms with E-state index >= 15 is 0 Å². The maximum absolute atomic E-state index is 12.7. The van der Waals surface area contributed by atoms with Gasteiger partial charge < -0.3 is 5.11 Å². The van der Waals surface area contributed by atoms with Gasteiger partial charge in [0.15, 0.2) is 16.8 Å². The van der Waals surface area contributed by atoms with E-state index < -0.39 is 11.9 Å². The molecule has 0 aliphatic rings. The Morgan fingerprint density at radius 1 is 1.17 bits per heavy atom. The lowest BCUT2D eigenvalue weighted by Gasteiger charge is -2.15. The van der Waals surface area contributed by atoms with E-state index in [-0.39, 0.29) is 11.1 Å². The molecule has 2 aromatic rings. The molecule has 0 bridgehead atoms. The summed E-state index contributed by atoms with van der Waals surface area (Å²) in [6.07, 6.45) is 4.41. The Balaban J connectivity index is 2.05. The number of thioether (sulfide) groups is 1. The molecule has 0 amide bonds. The highest BCUT2D eigenvalue weighted by Crippen LogP contribution is 2.27. The molecule has 2 aromatic heterocycles. The first-order chi connectivity index (χ1) is 8.66. The highest BCUT2D eigenvalue weighted by Gasteiger charge is 2.21. The monoisotopic (exact) mass is 266 g/mol. The van der Waals surface area contributed by atoms with E-state index in [1.165, 1.54) is 11.8 Å². The number of aromatic nitrogens is 4. The molecule has 2 atom stereocenters. The lowest BCUT2D eigenvalue weighted by Crippen LogP contribution is -2.15. The van der Waals surface area contributed by atoms with Crippen molar-refractivity contribution in [3.05, 3.63) is 42.5 Å². The summed E-state index contributed by atoms with van der Waals surface area (Å²) in [4.78, 5) is 15.6. The Morgan fingerprint density at radius 2 is 1.78 bits per heavy atom. The van der Waals surface area contributed by atoms with Gasteiger partial charge in [0.1, 0.15) is 6.10 Å². The van der Waals surface area contributed by atoms with Crippen LogP contribution in [0.15, 0.2) is 36.0 Å². The number of aliphatic hydroxyl groups is 1. The van der Waals surface area contributed by atoms with Gasteiger partial charge in [-0.2, -0.15) is 0 Å². The zero-order valence-electron chi connectivity index (χ0n) is 9.56. The van der Waals surface area contributed by atoms with Crippen molar-refractivity contribution in [2.24, 2.45) is 0 Å². The lowest BCUT2D eigenvalue weighted by molar-refractivity contribution is 0.169. The topological polar surface area (TPSA) is 71.8 Å². The van der Waals surface area contributed by atoms with Gasteiger partial charge in [0.05, 0.1) is 12.4 Å². The van der Waals surface area contributed by atoms with E-state index in [0.717, 1.165) is 12.4 Å². The molecule has 0 radical (unpaired) electrons. The summed E-state index contributed by atoms with van der Waals surface area (Å²) in [5.41, 5.74) is 0. The Hall–Kier alpha value is -1.60. The number of hydrogen-bond acceptors (Lipinski definition) is 6. The second-order valence-electron chi connectivity index (χ2n) is 3.56. The Bertz CT molecular complexity index is 496. The number of nitrogens with zero attached hydrogens (tertiary/aromatic N) is 4. The number of halogens is 1. The van der Waals surface area contributed by atoms with Crippen LogP contribution in [0, 0.1) is 5.82 Å². The average molecular weight is 266 g/mol. The lowest BCUT2D eigenvalue weighted by atomic mass is 10.2. The maximum Gasteiger partial charge on any atom is 0.187 e. The molecule has 5 nitrogen and oxygen atoms in total. The molecule has 0 aliphatic heterocycles. The van der Waals surface area contributed by atoms with Gasteiger partial charge in [-0.1, -0.05) is 11.8 Å². The average Bonchev–Trinajstić information content (AvgIpc) is 2.40. The molecular weight excluding hydrogens is 255 g/mol. The van der Waals surface area contributed by atoms with Crippen LogP contribution in [0.25, 0.3) is 0 Å². The third-order valence-corrected chi connectivity index (χ3v) is 3.23. The highest BCUT2D eigenvalue weighted by molar-refractivity contribution is 7.99. The van der Waals surface area contributed by atoms with Crippen molar-refractivity contribution in [3.63, 3.8) is 0 Å². The summed E-state index contributed by atoms with van der Waals surface area (Å²) in [7, 11) is 0. The third-order valence-electron chi connectivity index (χ3n) is 2.18. The van der Waals surface area contributed by atoms with Crippen molar-refractivity contribution in [2.45, 2.75) is 23.4 Å². The van der Waals surface area contributed by atoms with Crippen LogP contribution in [-0.2, 0) is 0 Å². The smallest absolute Gasteiger partial charge is 0.187 e. The van der Waals surface area contributed by atoms with Crippen LogP contribution >= 0.6 is 11.8 Å². The second kappa shape index (κ2) is 5.83.